The minimum atomic E-state index is -0.00466. The molecule has 0 saturated carbocycles. The summed E-state index contributed by atoms with van der Waals surface area (Å²) in [6, 6.07) is 0.211. The molecule has 2 N–H and O–H groups in total. The molecule has 1 amide bonds. The highest BCUT2D eigenvalue weighted by Gasteiger charge is 2.14. The van der Waals surface area contributed by atoms with E-state index in [-0.39, 0.29) is 18.6 Å². The second-order valence-corrected chi connectivity index (χ2v) is 5.33. The van der Waals surface area contributed by atoms with Gasteiger partial charge in [0.1, 0.15) is 6.61 Å². The Morgan fingerprint density at radius 2 is 2.24 bits per heavy atom. The molecule has 0 aromatic carbocycles. The van der Waals surface area contributed by atoms with E-state index in [2.05, 4.69) is 24.5 Å². The number of nitrogens with one attached hydrogen (secondary N) is 2. The summed E-state index contributed by atoms with van der Waals surface area (Å²) < 4.78 is 5.46. The number of piperidine rings is 1. The van der Waals surface area contributed by atoms with Gasteiger partial charge in [-0.3, -0.25) is 4.79 Å². The molecule has 17 heavy (non-hydrogen) atoms. The number of ether oxygens (including phenoxy) is 1. The van der Waals surface area contributed by atoms with Gasteiger partial charge in [-0.15, -0.1) is 0 Å². The van der Waals surface area contributed by atoms with Crippen molar-refractivity contribution < 1.29 is 9.53 Å². The lowest BCUT2D eigenvalue weighted by Crippen LogP contribution is -2.39. The van der Waals surface area contributed by atoms with E-state index >= 15 is 0 Å². The van der Waals surface area contributed by atoms with Crippen molar-refractivity contribution in [3.8, 4) is 0 Å². The first-order chi connectivity index (χ1) is 8.09. The van der Waals surface area contributed by atoms with Crippen molar-refractivity contribution in [1.29, 1.82) is 0 Å². The molecule has 0 radical (unpaired) electrons. The van der Waals surface area contributed by atoms with Crippen LogP contribution in [0.15, 0.2) is 0 Å². The third-order valence-corrected chi connectivity index (χ3v) is 3.37. The van der Waals surface area contributed by atoms with E-state index < -0.39 is 0 Å². The Hall–Kier alpha value is -0.610. The van der Waals surface area contributed by atoms with Gasteiger partial charge in [-0.2, -0.15) is 0 Å². The number of hydrogen-bond acceptors (Lipinski definition) is 3. The van der Waals surface area contributed by atoms with Crippen LogP contribution in [0, 0.1) is 11.8 Å². The van der Waals surface area contributed by atoms with Crippen LogP contribution in [0.2, 0.25) is 0 Å². The van der Waals surface area contributed by atoms with Crippen molar-refractivity contribution >= 4 is 5.91 Å². The van der Waals surface area contributed by atoms with Gasteiger partial charge >= 0.3 is 0 Å². The van der Waals surface area contributed by atoms with Crippen LogP contribution in [0.3, 0.4) is 0 Å². The summed E-state index contributed by atoms with van der Waals surface area (Å²) in [5, 5.41) is 6.28. The summed E-state index contributed by atoms with van der Waals surface area (Å²) in [4.78, 5) is 11.5. The van der Waals surface area contributed by atoms with Crippen LogP contribution in [0.25, 0.3) is 0 Å². The topological polar surface area (TPSA) is 50.4 Å². The van der Waals surface area contributed by atoms with E-state index in [1.165, 1.54) is 12.8 Å². The maximum atomic E-state index is 11.5. The summed E-state index contributed by atoms with van der Waals surface area (Å²) in [5.74, 6) is 1.02. The van der Waals surface area contributed by atoms with Crippen LogP contribution < -0.4 is 10.6 Å². The van der Waals surface area contributed by atoms with E-state index in [0.29, 0.717) is 18.4 Å². The summed E-state index contributed by atoms with van der Waals surface area (Å²) in [7, 11) is 0. The van der Waals surface area contributed by atoms with Crippen LogP contribution in [0.5, 0.6) is 0 Å². The fraction of sp³-hybridized carbons (Fsp3) is 0.923. The maximum absolute atomic E-state index is 11.5. The number of amides is 1. The Morgan fingerprint density at radius 1 is 1.47 bits per heavy atom. The second-order valence-electron chi connectivity index (χ2n) is 5.33. The first kappa shape index (κ1) is 14.5. The molecule has 1 heterocycles. The SMILES string of the molecule is CC(C)C(C)NC(=O)COCC1CCCNC1. The lowest BCUT2D eigenvalue weighted by Gasteiger charge is -2.22. The zero-order chi connectivity index (χ0) is 12.7. The van der Waals surface area contributed by atoms with E-state index in [4.69, 9.17) is 4.74 Å². The van der Waals surface area contributed by atoms with Crippen molar-refractivity contribution in [1.82, 2.24) is 10.6 Å². The molecule has 2 atom stereocenters. The van der Waals surface area contributed by atoms with E-state index in [1.54, 1.807) is 0 Å². The molecule has 1 rings (SSSR count). The van der Waals surface area contributed by atoms with Crippen molar-refractivity contribution in [2.45, 2.75) is 39.7 Å². The first-order valence-electron chi connectivity index (χ1n) is 6.67. The predicted octanol–water partition coefficient (Wildman–Crippen LogP) is 1.16. The Kier molecular flexibility index (Phi) is 6.52. The number of hydrogen-bond donors (Lipinski definition) is 2. The smallest absolute Gasteiger partial charge is 0.246 e. The van der Waals surface area contributed by atoms with Gasteiger partial charge in [-0.25, -0.2) is 0 Å². The van der Waals surface area contributed by atoms with Crippen molar-refractivity contribution in [3.63, 3.8) is 0 Å². The third-order valence-electron chi connectivity index (χ3n) is 3.37. The molecule has 100 valence electrons. The van der Waals surface area contributed by atoms with Gasteiger partial charge in [0.05, 0.1) is 6.61 Å². The predicted molar refractivity (Wildman–Crippen MR) is 68.9 cm³/mol. The summed E-state index contributed by atoms with van der Waals surface area (Å²) in [5.41, 5.74) is 0. The molecular weight excluding hydrogens is 216 g/mol. The van der Waals surface area contributed by atoms with Crippen molar-refractivity contribution in [2.75, 3.05) is 26.3 Å². The molecule has 2 unspecified atom stereocenters. The minimum Gasteiger partial charge on any atom is -0.371 e. The number of rotatable bonds is 6. The Bertz CT molecular complexity index is 225. The fourth-order valence-electron chi connectivity index (χ4n) is 1.85. The lowest BCUT2D eigenvalue weighted by atomic mass is 10.0. The van der Waals surface area contributed by atoms with Crippen LogP contribution >= 0.6 is 0 Å². The van der Waals surface area contributed by atoms with E-state index in [9.17, 15) is 4.79 Å². The van der Waals surface area contributed by atoms with Crippen molar-refractivity contribution in [3.05, 3.63) is 0 Å². The van der Waals surface area contributed by atoms with Crippen LogP contribution in [-0.2, 0) is 9.53 Å². The van der Waals surface area contributed by atoms with E-state index in [0.717, 1.165) is 13.1 Å². The van der Waals surface area contributed by atoms with Gasteiger partial charge in [-0.05, 0) is 38.1 Å². The van der Waals surface area contributed by atoms with Crippen LogP contribution in [0.1, 0.15) is 33.6 Å². The zero-order valence-electron chi connectivity index (χ0n) is 11.3. The largest absolute Gasteiger partial charge is 0.371 e. The average molecular weight is 242 g/mol. The fourth-order valence-corrected chi connectivity index (χ4v) is 1.85. The van der Waals surface area contributed by atoms with E-state index in [1.807, 2.05) is 6.92 Å². The van der Waals surface area contributed by atoms with Gasteiger partial charge in [-0.1, -0.05) is 13.8 Å². The monoisotopic (exact) mass is 242 g/mol. The van der Waals surface area contributed by atoms with Gasteiger partial charge in [0, 0.05) is 12.6 Å². The minimum absolute atomic E-state index is 0.00466. The Morgan fingerprint density at radius 3 is 2.82 bits per heavy atom. The number of carbonyl (C=O) groups excluding carboxylic acids is 1. The van der Waals surface area contributed by atoms with Gasteiger partial charge in [0.2, 0.25) is 5.91 Å². The molecule has 1 saturated heterocycles. The maximum Gasteiger partial charge on any atom is 0.246 e. The average Bonchev–Trinajstić information content (AvgIpc) is 2.30. The summed E-state index contributed by atoms with van der Waals surface area (Å²) in [6.07, 6.45) is 2.42. The molecule has 0 spiro atoms. The highest BCUT2D eigenvalue weighted by molar-refractivity contribution is 5.77. The first-order valence-corrected chi connectivity index (χ1v) is 6.67. The lowest BCUT2D eigenvalue weighted by molar-refractivity contribution is -0.127. The van der Waals surface area contributed by atoms with Gasteiger partial charge < -0.3 is 15.4 Å². The molecule has 0 aliphatic carbocycles. The van der Waals surface area contributed by atoms with Crippen LogP contribution in [0.4, 0.5) is 0 Å². The summed E-state index contributed by atoms with van der Waals surface area (Å²) >= 11 is 0. The van der Waals surface area contributed by atoms with Crippen LogP contribution in [-0.4, -0.2) is 38.3 Å². The molecule has 0 aromatic rings. The highest BCUT2D eigenvalue weighted by Crippen LogP contribution is 2.09. The molecular formula is C13H26N2O2. The molecule has 1 aliphatic heterocycles. The normalized spacial score (nSPS) is 22.5. The van der Waals surface area contributed by atoms with Gasteiger partial charge in [0.25, 0.3) is 0 Å². The van der Waals surface area contributed by atoms with Crippen molar-refractivity contribution in [2.24, 2.45) is 11.8 Å². The molecule has 1 fully saturated rings. The molecule has 0 bridgehead atoms. The molecule has 4 heteroatoms. The Labute approximate surface area is 104 Å². The molecule has 4 nitrogen and oxygen atoms in total. The second kappa shape index (κ2) is 7.67. The highest BCUT2D eigenvalue weighted by atomic mass is 16.5. The third kappa shape index (κ3) is 6.03. The number of carbonyl (C=O) groups is 1. The quantitative estimate of drug-likeness (QED) is 0.735. The van der Waals surface area contributed by atoms with Gasteiger partial charge in [0.15, 0.2) is 0 Å². The molecule has 0 aromatic heterocycles. The Balaban J connectivity index is 2.07. The standard InChI is InChI=1S/C13H26N2O2/c1-10(2)11(3)15-13(16)9-17-8-12-5-4-6-14-7-12/h10-12,14H,4-9H2,1-3H3,(H,15,16). The molecule has 1 aliphatic rings. The zero-order valence-corrected chi connectivity index (χ0v) is 11.3. The summed E-state index contributed by atoms with van der Waals surface area (Å²) in [6.45, 7) is 9.23.